The zero-order valence-corrected chi connectivity index (χ0v) is 15.8. The zero-order valence-electron chi connectivity index (χ0n) is 15.0. The smallest absolute Gasteiger partial charge is 0.266 e. The minimum Gasteiger partial charge on any atom is -0.288 e. The third-order valence-electron chi connectivity index (χ3n) is 4.52. The Morgan fingerprint density at radius 1 is 1.07 bits per heavy atom. The molecule has 6 nitrogen and oxygen atoms in total. The fraction of sp³-hybridized carbons (Fsp3) is 0.100. The van der Waals surface area contributed by atoms with Crippen LogP contribution in [-0.2, 0) is 16.6 Å². The van der Waals surface area contributed by atoms with Crippen molar-refractivity contribution in [1.82, 2.24) is 14.6 Å². The largest absolute Gasteiger partial charge is 0.288 e. The van der Waals surface area contributed by atoms with Crippen LogP contribution in [0.5, 0.6) is 0 Å². The lowest BCUT2D eigenvalue weighted by Gasteiger charge is -2.25. The van der Waals surface area contributed by atoms with Crippen LogP contribution in [0.1, 0.15) is 11.1 Å². The Kier molecular flexibility index (Phi) is 4.56. The molecule has 0 amide bonds. The van der Waals surface area contributed by atoms with Crippen molar-refractivity contribution >= 4 is 21.4 Å². The van der Waals surface area contributed by atoms with Gasteiger partial charge in [-0.1, -0.05) is 30.3 Å². The number of benzene rings is 2. The normalized spacial score (nSPS) is 11.6. The van der Waals surface area contributed by atoms with Gasteiger partial charge in [0.25, 0.3) is 10.0 Å². The molecule has 0 saturated carbocycles. The van der Waals surface area contributed by atoms with Gasteiger partial charge in [0.1, 0.15) is 17.0 Å². The summed E-state index contributed by atoms with van der Waals surface area (Å²) in [7, 11) is -3.96. The molecule has 2 aromatic heterocycles. The van der Waals surface area contributed by atoms with Crippen molar-refractivity contribution in [3.63, 3.8) is 0 Å². The van der Waals surface area contributed by atoms with Crippen molar-refractivity contribution in [2.45, 2.75) is 18.4 Å². The number of rotatable bonds is 5. The van der Waals surface area contributed by atoms with Crippen LogP contribution in [-0.4, -0.2) is 23.0 Å². The summed E-state index contributed by atoms with van der Waals surface area (Å²) in [5.74, 6) is -0.503. The SMILES string of the molecule is Cc1ccccc1CN(c1cccc(F)c1)S(=O)(=O)c1ccc2nncn2c1. The van der Waals surface area contributed by atoms with Crippen molar-refractivity contribution in [3.05, 3.63) is 90.1 Å². The van der Waals surface area contributed by atoms with E-state index in [4.69, 9.17) is 0 Å². The predicted molar refractivity (Wildman–Crippen MR) is 104 cm³/mol. The molecule has 0 fully saturated rings. The highest BCUT2D eigenvalue weighted by Gasteiger charge is 2.26. The highest BCUT2D eigenvalue weighted by molar-refractivity contribution is 7.92. The Balaban J connectivity index is 1.84. The van der Waals surface area contributed by atoms with Gasteiger partial charge in [0.05, 0.1) is 12.2 Å². The maximum atomic E-state index is 13.9. The molecule has 2 heterocycles. The molecule has 0 saturated heterocycles. The van der Waals surface area contributed by atoms with Crippen molar-refractivity contribution in [3.8, 4) is 0 Å². The van der Waals surface area contributed by atoms with Gasteiger partial charge in [-0.2, -0.15) is 0 Å². The number of hydrogen-bond acceptors (Lipinski definition) is 4. The van der Waals surface area contributed by atoms with Crippen LogP contribution in [0, 0.1) is 12.7 Å². The summed E-state index contributed by atoms with van der Waals surface area (Å²) in [6, 6.07) is 16.1. The van der Waals surface area contributed by atoms with E-state index in [0.29, 0.717) is 5.65 Å². The van der Waals surface area contributed by atoms with Gasteiger partial charge in [0, 0.05) is 6.20 Å². The van der Waals surface area contributed by atoms with E-state index >= 15 is 0 Å². The summed E-state index contributed by atoms with van der Waals surface area (Å²) in [4.78, 5) is 0.0673. The number of halogens is 1. The Morgan fingerprint density at radius 3 is 2.68 bits per heavy atom. The van der Waals surface area contributed by atoms with Crippen LogP contribution in [0.2, 0.25) is 0 Å². The molecule has 0 bridgehead atoms. The summed E-state index contributed by atoms with van der Waals surface area (Å²) in [5, 5.41) is 7.66. The summed E-state index contributed by atoms with van der Waals surface area (Å²) >= 11 is 0. The minimum absolute atomic E-state index is 0.0673. The minimum atomic E-state index is -3.96. The molecule has 4 rings (SSSR count). The number of fused-ring (bicyclic) bond motifs is 1. The van der Waals surface area contributed by atoms with Crippen molar-refractivity contribution in [2.75, 3.05) is 4.31 Å². The lowest BCUT2D eigenvalue weighted by molar-refractivity contribution is 0.589. The Bertz CT molecular complexity index is 1250. The zero-order chi connectivity index (χ0) is 19.7. The Morgan fingerprint density at radius 2 is 1.89 bits per heavy atom. The molecule has 0 spiro atoms. The summed E-state index contributed by atoms with van der Waals surface area (Å²) in [6.45, 7) is 1.99. The molecule has 0 N–H and O–H groups in total. The molecule has 0 atom stereocenters. The van der Waals surface area contributed by atoms with Gasteiger partial charge in [-0.05, 0) is 48.4 Å². The van der Waals surface area contributed by atoms with Gasteiger partial charge in [0.2, 0.25) is 0 Å². The molecular weight excluding hydrogens is 379 g/mol. The number of anilines is 1. The number of sulfonamides is 1. The second-order valence-corrected chi connectivity index (χ2v) is 8.24. The molecule has 2 aromatic carbocycles. The first-order valence-electron chi connectivity index (χ1n) is 8.57. The molecule has 0 radical (unpaired) electrons. The second kappa shape index (κ2) is 7.05. The molecule has 8 heteroatoms. The van der Waals surface area contributed by atoms with E-state index in [9.17, 15) is 12.8 Å². The molecule has 4 aromatic rings. The molecule has 0 aliphatic heterocycles. The molecule has 0 aliphatic rings. The highest BCUT2D eigenvalue weighted by atomic mass is 32.2. The van der Waals surface area contributed by atoms with Crippen LogP contribution in [0.15, 0.2) is 78.1 Å². The Labute approximate surface area is 161 Å². The third kappa shape index (κ3) is 3.34. The summed E-state index contributed by atoms with van der Waals surface area (Å²) < 4.78 is 43.6. The van der Waals surface area contributed by atoms with Crippen molar-refractivity contribution in [2.24, 2.45) is 0 Å². The lowest BCUT2D eigenvalue weighted by Crippen LogP contribution is -2.31. The van der Waals surface area contributed by atoms with E-state index in [1.807, 2.05) is 31.2 Å². The predicted octanol–water partition coefficient (Wildman–Crippen LogP) is 3.57. The van der Waals surface area contributed by atoms with Gasteiger partial charge < -0.3 is 0 Å². The van der Waals surface area contributed by atoms with Crippen molar-refractivity contribution in [1.29, 1.82) is 0 Å². The van der Waals surface area contributed by atoms with Crippen LogP contribution < -0.4 is 4.31 Å². The molecule has 28 heavy (non-hydrogen) atoms. The van der Waals surface area contributed by atoms with Crippen LogP contribution in [0.25, 0.3) is 5.65 Å². The fourth-order valence-corrected chi connectivity index (χ4v) is 4.42. The third-order valence-corrected chi connectivity index (χ3v) is 6.28. The average Bonchev–Trinajstić information content (AvgIpc) is 3.15. The molecule has 0 aliphatic carbocycles. The number of hydrogen-bond donors (Lipinski definition) is 0. The van der Waals surface area contributed by atoms with Crippen LogP contribution >= 0.6 is 0 Å². The van der Waals surface area contributed by atoms with Gasteiger partial charge in [0.15, 0.2) is 5.65 Å². The number of pyridine rings is 1. The second-order valence-electron chi connectivity index (χ2n) is 6.38. The molecular formula is C20H17FN4O2S. The average molecular weight is 396 g/mol. The quantitative estimate of drug-likeness (QED) is 0.517. The van der Waals surface area contributed by atoms with Gasteiger partial charge in [-0.15, -0.1) is 10.2 Å². The lowest BCUT2D eigenvalue weighted by atomic mass is 10.1. The van der Waals surface area contributed by atoms with E-state index in [1.165, 1.54) is 45.5 Å². The molecule has 142 valence electrons. The van der Waals surface area contributed by atoms with Gasteiger partial charge in [-0.3, -0.25) is 8.71 Å². The number of aromatic nitrogens is 3. The summed E-state index contributed by atoms with van der Waals surface area (Å²) in [6.07, 6.45) is 2.89. The van der Waals surface area contributed by atoms with E-state index < -0.39 is 15.8 Å². The topological polar surface area (TPSA) is 67.6 Å². The van der Waals surface area contributed by atoms with Gasteiger partial charge in [-0.25, -0.2) is 12.8 Å². The maximum absolute atomic E-state index is 13.9. The van der Waals surface area contributed by atoms with E-state index in [2.05, 4.69) is 10.2 Å². The highest BCUT2D eigenvalue weighted by Crippen LogP contribution is 2.27. The van der Waals surface area contributed by atoms with Gasteiger partial charge >= 0.3 is 0 Å². The first-order chi connectivity index (χ1) is 13.4. The van der Waals surface area contributed by atoms with Crippen molar-refractivity contribution < 1.29 is 12.8 Å². The number of nitrogens with zero attached hydrogens (tertiary/aromatic N) is 4. The number of aryl methyl sites for hydroxylation is 1. The van der Waals surface area contributed by atoms with E-state index in [-0.39, 0.29) is 17.1 Å². The fourth-order valence-electron chi connectivity index (χ4n) is 2.98. The maximum Gasteiger partial charge on any atom is 0.266 e. The van der Waals surface area contributed by atoms with E-state index in [1.54, 1.807) is 12.1 Å². The van der Waals surface area contributed by atoms with E-state index in [0.717, 1.165) is 11.1 Å². The Hall–Kier alpha value is -3.26. The van der Waals surface area contributed by atoms with Crippen LogP contribution in [0.3, 0.4) is 0 Å². The standard InChI is InChI=1S/C20H17FN4O2S/c1-15-5-2-3-6-16(15)12-25(18-8-4-7-17(21)11-18)28(26,27)19-9-10-20-23-22-14-24(20)13-19/h2-11,13-14H,12H2,1H3. The summed E-state index contributed by atoms with van der Waals surface area (Å²) in [5.41, 5.74) is 2.58. The monoisotopic (exact) mass is 396 g/mol. The first-order valence-corrected chi connectivity index (χ1v) is 10.0. The molecule has 0 unspecified atom stereocenters. The first kappa shape index (κ1) is 18.1. The van der Waals surface area contributed by atoms with Crippen LogP contribution in [0.4, 0.5) is 10.1 Å².